The number of hydrogen-bond acceptors (Lipinski definition) is 5. The lowest BCUT2D eigenvalue weighted by Crippen LogP contribution is -2.48. The molecular formula is C17H23NO6. The number of methoxy groups -OCH3 is 3. The standard InChI is InChI=1S/C17H23NO6/c1-22-13-8-11(9-14(23-2)16(13)24-3)10-15(19)18-7-5-4-6-12(18)17(20)21/h8-9,12H,4-7,10H2,1-3H3,(H,20,21). The molecule has 1 atom stereocenters. The van der Waals surface area contributed by atoms with Gasteiger partial charge in [0, 0.05) is 6.54 Å². The summed E-state index contributed by atoms with van der Waals surface area (Å²) >= 11 is 0. The summed E-state index contributed by atoms with van der Waals surface area (Å²) in [6.45, 7) is 0.472. The van der Waals surface area contributed by atoms with Crippen LogP contribution < -0.4 is 14.2 Å². The molecule has 7 heteroatoms. The van der Waals surface area contributed by atoms with Gasteiger partial charge < -0.3 is 24.2 Å². The number of rotatable bonds is 6. The first-order chi connectivity index (χ1) is 11.5. The highest BCUT2D eigenvalue weighted by atomic mass is 16.5. The van der Waals surface area contributed by atoms with E-state index in [0.29, 0.717) is 35.8 Å². The first-order valence-electron chi connectivity index (χ1n) is 7.83. The fourth-order valence-corrected chi connectivity index (χ4v) is 3.00. The number of likely N-dealkylation sites (tertiary alicyclic amines) is 1. The van der Waals surface area contributed by atoms with Gasteiger partial charge in [0.1, 0.15) is 6.04 Å². The van der Waals surface area contributed by atoms with Crippen molar-refractivity contribution in [3.8, 4) is 17.2 Å². The normalized spacial score (nSPS) is 17.3. The summed E-state index contributed by atoms with van der Waals surface area (Å²) in [4.78, 5) is 25.4. The summed E-state index contributed by atoms with van der Waals surface area (Å²) in [5.41, 5.74) is 0.684. The fraction of sp³-hybridized carbons (Fsp3) is 0.529. The molecule has 1 unspecified atom stereocenters. The van der Waals surface area contributed by atoms with E-state index in [0.717, 1.165) is 12.8 Å². The Morgan fingerprint density at radius 2 is 1.75 bits per heavy atom. The second-order valence-corrected chi connectivity index (χ2v) is 5.65. The van der Waals surface area contributed by atoms with Crippen LogP contribution in [0.25, 0.3) is 0 Å². The van der Waals surface area contributed by atoms with Crippen molar-refractivity contribution in [3.05, 3.63) is 17.7 Å². The first kappa shape index (κ1) is 17.9. The molecule has 0 saturated carbocycles. The van der Waals surface area contributed by atoms with Crippen LogP contribution in [0.2, 0.25) is 0 Å². The SMILES string of the molecule is COc1cc(CC(=O)N2CCCCC2C(=O)O)cc(OC)c1OC. The van der Waals surface area contributed by atoms with E-state index >= 15 is 0 Å². The second-order valence-electron chi connectivity index (χ2n) is 5.65. The average Bonchev–Trinajstić information content (AvgIpc) is 2.60. The minimum Gasteiger partial charge on any atom is -0.493 e. The third-order valence-electron chi connectivity index (χ3n) is 4.19. The molecule has 1 aliphatic heterocycles. The van der Waals surface area contributed by atoms with Crippen LogP contribution >= 0.6 is 0 Å². The Morgan fingerprint density at radius 1 is 1.12 bits per heavy atom. The molecule has 0 radical (unpaired) electrons. The summed E-state index contributed by atoms with van der Waals surface area (Å²) in [5, 5.41) is 9.31. The van der Waals surface area contributed by atoms with Gasteiger partial charge in [0.15, 0.2) is 11.5 Å². The third-order valence-corrected chi connectivity index (χ3v) is 4.19. The Labute approximate surface area is 141 Å². The summed E-state index contributed by atoms with van der Waals surface area (Å²) in [6, 6.07) is 2.67. The lowest BCUT2D eigenvalue weighted by Gasteiger charge is -2.33. The van der Waals surface area contributed by atoms with E-state index in [1.54, 1.807) is 12.1 Å². The summed E-state index contributed by atoms with van der Waals surface area (Å²) in [5.74, 6) is 0.225. The molecule has 1 N–H and O–H groups in total. The molecule has 0 bridgehead atoms. The lowest BCUT2D eigenvalue weighted by molar-refractivity contribution is -0.151. The van der Waals surface area contributed by atoms with Crippen molar-refractivity contribution >= 4 is 11.9 Å². The van der Waals surface area contributed by atoms with Crippen LogP contribution in [0.4, 0.5) is 0 Å². The summed E-state index contributed by atoms with van der Waals surface area (Å²) < 4.78 is 15.8. The van der Waals surface area contributed by atoms with Gasteiger partial charge in [-0.3, -0.25) is 4.79 Å². The van der Waals surface area contributed by atoms with Crippen molar-refractivity contribution in [2.75, 3.05) is 27.9 Å². The second kappa shape index (κ2) is 7.90. The number of carbonyl (C=O) groups is 2. The number of nitrogens with zero attached hydrogens (tertiary/aromatic N) is 1. The third kappa shape index (κ3) is 3.72. The fourth-order valence-electron chi connectivity index (χ4n) is 3.00. The number of carboxylic acids is 1. The van der Waals surface area contributed by atoms with Gasteiger partial charge in [0.25, 0.3) is 0 Å². The number of amides is 1. The quantitative estimate of drug-likeness (QED) is 0.851. The van der Waals surface area contributed by atoms with E-state index in [1.165, 1.54) is 26.2 Å². The minimum atomic E-state index is -0.951. The Balaban J connectivity index is 2.23. The molecule has 1 amide bonds. The predicted molar refractivity (Wildman–Crippen MR) is 86.8 cm³/mol. The zero-order chi connectivity index (χ0) is 17.7. The molecule has 0 aliphatic carbocycles. The molecule has 24 heavy (non-hydrogen) atoms. The molecule has 1 saturated heterocycles. The van der Waals surface area contributed by atoms with E-state index in [-0.39, 0.29) is 12.3 Å². The highest BCUT2D eigenvalue weighted by Crippen LogP contribution is 2.38. The van der Waals surface area contributed by atoms with Crippen molar-refractivity contribution in [1.29, 1.82) is 0 Å². The molecule has 7 nitrogen and oxygen atoms in total. The molecule has 2 rings (SSSR count). The minimum absolute atomic E-state index is 0.0838. The van der Waals surface area contributed by atoms with E-state index in [9.17, 15) is 14.7 Å². The molecule has 1 aromatic rings. The van der Waals surface area contributed by atoms with Crippen LogP contribution in [0.3, 0.4) is 0 Å². The monoisotopic (exact) mass is 337 g/mol. The van der Waals surface area contributed by atoms with E-state index < -0.39 is 12.0 Å². The van der Waals surface area contributed by atoms with Crippen molar-refractivity contribution < 1.29 is 28.9 Å². The van der Waals surface area contributed by atoms with Gasteiger partial charge >= 0.3 is 5.97 Å². The van der Waals surface area contributed by atoms with Crippen LogP contribution in [0.5, 0.6) is 17.2 Å². The maximum Gasteiger partial charge on any atom is 0.326 e. The number of ether oxygens (including phenoxy) is 3. The topological polar surface area (TPSA) is 85.3 Å². The smallest absolute Gasteiger partial charge is 0.326 e. The van der Waals surface area contributed by atoms with Gasteiger partial charge in [0.05, 0.1) is 27.8 Å². The van der Waals surface area contributed by atoms with Crippen molar-refractivity contribution in [1.82, 2.24) is 4.90 Å². The molecule has 1 heterocycles. The Morgan fingerprint density at radius 3 is 2.25 bits per heavy atom. The number of hydrogen-bond donors (Lipinski definition) is 1. The Hall–Kier alpha value is -2.44. The van der Waals surface area contributed by atoms with E-state index in [1.807, 2.05) is 0 Å². The van der Waals surface area contributed by atoms with Crippen LogP contribution in [0.1, 0.15) is 24.8 Å². The number of carboxylic acid groups (broad SMARTS) is 1. The number of benzene rings is 1. The van der Waals surface area contributed by atoms with Gasteiger partial charge in [-0.25, -0.2) is 4.79 Å². The molecule has 1 aromatic carbocycles. The van der Waals surface area contributed by atoms with Crippen molar-refractivity contribution in [2.45, 2.75) is 31.7 Å². The maximum absolute atomic E-state index is 12.6. The van der Waals surface area contributed by atoms with Gasteiger partial charge in [-0.2, -0.15) is 0 Å². The van der Waals surface area contributed by atoms with Crippen molar-refractivity contribution in [2.24, 2.45) is 0 Å². The van der Waals surface area contributed by atoms with Crippen molar-refractivity contribution in [3.63, 3.8) is 0 Å². The summed E-state index contributed by atoms with van der Waals surface area (Å²) in [7, 11) is 4.53. The molecule has 132 valence electrons. The summed E-state index contributed by atoms with van der Waals surface area (Å²) in [6.07, 6.45) is 2.23. The number of piperidine rings is 1. The van der Waals surface area contributed by atoms with Crippen LogP contribution in [-0.2, 0) is 16.0 Å². The predicted octanol–water partition coefficient (Wildman–Crippen LogP) is 1.72. The maximum atomic E-state index is 12.6. The van der Waals surface area contributed by atoms with Gasteiger partial charge in [-0.15, -0.1) is 0 Å². The van der Waals surface area contributed by atoms with Gasteiger partial charge in [-0.05, 0) is 37.0 Å². The number of aliphatic carboxylic acids is 1. The van der Waals surface area contributed by atoms with Crippen LogP contribution in [0.15, 0.2) is 12.1 Å². The van der Waals surface area contributed by atoms with Gasteiger partial charge in [-0.1, -0.05) is 0 Å². The van der Waals surface area contributed by atoms with Crippen LogP contribution in [0, 0.1) is 0 Å². The molecule has 1 aliphatic rings. The highest BCUT2D eigenvalue weighted by Gasteiger charge is 2.32. The molecule has 0 spiro atoms. The largest absolute Gasteiger partial charge is 0.493 e. The molecular weight excluding hydrogens is 314 g/mol. The zero-order valence-corrected chi connectivity index (χ0v) is 14.2. The van der Waals surface area contributed by atoms with Crippen LogP contribution in [-0.4, -0.2) is 55.8 Å². The number of carbonyl (C=O) groups excluding carboxylic acids is 1. The molecule has 0 aromatic heterocycles. The average molecular weight is 337 g/mol. The Bertz CT molecular complexity index is 590. The first-order valence-corrected chi connectivity index (χ1v) is 7.83. The van der Waals surface area contributed by atoms with E-state index in [4.69, 9.17) is 14.2 Å². The highest BCUT2D eigenvalue weighted by molar-refractivity contribution is 5.85. The molecule has 1 fully saturated rings. The lowest BCUT2D eigenvalue weighted by atomic mass is 10.0. The Kier molecular flexibility index (Phi) is 5.89. The van der Waals surface area contributed by atoms with Gasteiger partial charge in [0.2, 0.25) is 11.7 Å². The van der Waals surface area contributed by atoms with E-state index in [2.05, 4.69) is 0 Å². The zero-order valence-electron chi connectivity index (χ0n) is 14.2.